The van der Waals surface area contributed by atoms with Gasteiger partial charge in [0.25, 0.3) is 0 Å². The van der Waals surface area contributed by atoms with E-state index >= 15 is 0 Å². The number of hydrogen-bond donors (Lipinski definition) is 0. The SMILES string of the molecule is O=C(C1CCN(c2ccc(C(F)(F)F)nc2)C1)N1CCc2ccccc21. The predicted molar refractivity (Wildman–Crippen MR) is 92.1 cm³/mol. The van der Waals surface area contributed by atoms with Gasteiger partial charge in [0, 0.05) is 25.3 Å². The molecule has 0 spiro atoms. The number of aromatic nitrogens is 1. The third-order valence-electron chi connectivity index (χ3n) is 5.09. The number of nitrogens with zero attached hydrogens (tertiary/aromatic N) is 3. The summed E-state index contributed by atoms with van der Waals surface area (Å²) in [6.07, 6.45) is -1.65. The van der Waals surface area contributed by atoms with Gasteiger partial charge in [-0.1, -0.05) is 18.2 Å². The first-order valence-electron chi connectivity index (χ1n) is 8.61. The van der Waals surface area contributed by atoms with Gasteiger partial charge >= 0.3 is 6.18 Å². The number of hydrogen-bond acceptors (Lipinski definition) is 3. The van der Waals surface area contributed by atoms with Crippen LogP contribution < -0.4 is 9.80 Å². The van der Waals surface area contributed by atoms with Gasteiger partial charge in [0.2, 0.25) is 5.91 Å². The molecule has 2 aliphatic heterocycles. The molecule has 1 fully saturated rings. The molecule has 4 rings (SSSR count). The molecule has 0 saturated carbocycles. The Hall–Kier alpha value is -2.57. The minimum atomic E-state index is -4.44. The van der Waals surface area contributed by atoms with Crippen molar-refractivity contribution in [2.45, 2.75) is 19.0 Å². The molecule has 1 unspecified atom stereocenters. The summed E-state index contributed by atoms with van der Waals surface area (Å²) < 4.78 is 37.9. The van der Waals surface area contributed by atoms with Crippen molar-refractivity contribution in [3.05, 3.63) is 53.9 Å². The van der Waals surface area contributed by atoms with Crippen LogP contribution in [0.25, 0.3) is 0 Å². The molecular formula is C19H18F3N3O. The Bertz CT molecular complexity index is 820. The number of pyridine rings is 1. The number of rotatable bonds is 2. The van der Waals surface area contributed by atoms with Gasteiger partial charge in [-0.05, 0) is 36.6 Å². The lowest BCUT2D eigenvalue weighted by Gasteiger charge is -2.22. The molecule has 7 heteroatoms. The summed E-state index contributed by atoms with van der Waals surface area (Å²) in [4.78, 5) is 20.2. The summed E-state index contributed by atoms with van der Waals surface area (Å²) in [6, 6.07) is 10.3. The highest BCUT2D eigenvalue weighted by Crippen LogP contribution is 2.33. The minimum absolute atomic E-state index is 0.0947. The first kappa shape index (κ1) is 16.9. The van der Waals surface area contributed by atoms with E-state index in [4.69, 9.17) is 0 Å². The van der Waals surface area contributed by atoms with Crippen LogP contribution >= 0.6 is 0 Å². The van der Waals surface area contributed by atoms with Gasteiger partial charge in [-0.2, -0.15) is 13.2 Å². The van der Waals surface area contributed by atoms with Crippen LogP contribution in [0.1, 0.15) is 17.7 Å². The Labute approximate surface area is 149 Å². The second-order valence-electron chi connectivity index (χ2n) is 6.70. The summed E-state index contributed by atoms with van der Waals surface area (Å²) in [6.45, 7) is 1.83. The van der Waals surface area contributed by atoms with E-state index in [0.29, 0.717) is 31.7 Å². The molecule has 1 amide bonds. The number of carbonyl (C=O) groups is 1. The van der Waals surface area contributed by atoms with Crippen LogP contribution in [0.15, 0.2) is 42.6 Å². The summed E-state index contributed by atoms with van der Waals surface area (Å²) in [7, 11) is 0. The van der Waals surface area contributed by atoms with Crippen molar-refractivity contribution in [2.24, 2.45) is 5.92 Å². The van der Waals surface area contributed by atoms with Crippen LogP contribution in [0.5, 0.6) is 0 Å². The van der Waals surface area contributed by atoms with Gasteiger partial charge < -0.3 is 9.80 Å². The van der Waals surface area contributed by atoms with E-state index in [9.17, 15) is 18.0 Å². The highest BCUT2D eigenvalue weighted by Gasteiger charge is 2.35. The zero-order valence-electron chi connectivity index (χ0n) is 14.0. The Kier molecular flexibility index (Phi) is 4.09. The number of fused-ring (bicyclic) bond motifs is 1. The summed E-state index contributed by atoms with van der Waals surface area (Å²) >= 11 is 0. The molecule has 136 valence electrons. The molecule has 2 aliphatic rings. The first-order chi connectivity index (χ1) is 12.4. The van der Waals surface area contributed by atoms with Crippen molar-refractivity contribution in [3.63, 3.8) is 0 Å². The lowest BCUT2D eigenvalue weighted by molar-refractivity contribution is -0.141. The number of alkyl halides is 3. The summed E-state index contributed by atoms with van der Waals surface area (Å²) in [5.74, 6) is -0.0548. The van der Waals surface area contributed by atoms with Crippen molar-refractivity contribution in [1.29, 1.82) is 0 Å². The molecular weight excluding hydrogens is 343 g/mol. The molecule has 4 nitrogen and oxygen atoms in total. The Morgan fingerprint density at radius 3 is 2.65 bits per heavy atom. The maximum absolute atomic E-state index is 12.9. The average molecular weight is 361 g/mol. The fraction of sp³-hybridized carbons (Fsp3) is 0.368. The van der Waals surface area contributed by atoms with Gasteiger partial charge in [0.05, 0.1) is 17.8 Å². The first-order valence-corrected chi connectivity index (χ1v) is 8.61. The number of carbonyl (C=O) groups excluding carboxylic acids is 1. The normalized spacial score (nSPS) is 19.7. The second-order valence-corrected chi connectivity index (χ2v) is 6.70. The van der Waals surface area contributed by atoms with E-state index in [-0.39, 0.29) is 11.8 Å². The molecule has 0 N–H and O–H groups in total. The van der Waals surface area contributed by atoms with Gasteiger partial charge in [-0.15, -0.1) is 0 Å². The van der Waals surface area contributed by atoms with Crippen LogP contribution in [-0.4, -0.2) is 30.5 Å². The molecule has 1 aromatic carbocycles. The lowest BCUT2D eigenvalue weighted by Crippen LogP contribution is -2.36. The van der Waals surface area contributed by atoms with Crippen LogP contribution in [0.2, 0.25) is 0 Å². The van der Waals surface area contributed by atoms with Gasteiger partial charge in [-0.3, -0.25) is 4.79 Å². The lowest BCUT2D eigenvalue weighted by atomic mass is 10.1. The fourth-order valence-corrected chi connectivity index (χ4v) is 3.72. The third kappa shape index (κ3) is 3.02. The van der Waals surface area contributed by atoms with Gasteiger partial charge in [0.15, 0.2) is 0 Å². The van der Waals surface area contributed by atoms with E-state index in [1.54, 1.807) is 0 Å². The zero-order chi connectivity index (χ0) is 18.3. The van der Waals surface area contributed by atoms with Crippen LogP contribution in [0.3, 0.4) is 0 Å². The summed E-state index contributed by atoms with van der Waals surface area (Å²) in [5, 5.41) is 0. The molecule has 2 aromatic rings. The molecule has 1 aromatic heterocycles. The predicted octanol–water partition coefficient (Wildman–Crippen LogP) is 3.52. The Balaban J connectivity index is 1.45. The number of amides is 1. The highest BCUT2D eigenvalue weighted by atomic mass is 19.4. The van der Waals surface area contributed by atoms with Crippen molar-refractivity contribution in [3.8, 4) is 0 Å². The smallest absolute Gasteiger partial charge is 0.369 e. The standard InChI is InChI=1S/C19H18F3N3O/c20-19(21,22)17-6-5-15(11-23-17)24-9-7-14(12-24)18(26)25-10-8-13-3-1-2-4-16(13)25/h1-6,11,14H,7-10,12H2. The van der Waals surface area contributed by atoms with E-state index < -0.39 is 11.9 Å². The minimum Gasteiger partial charge on any atom is -0.369 e. The largest absolute Gasteiger partial charge is 0.433 e. The Morgan fingerprint density at radius 2 is 1.92 bits per heavy atom. The molecule has 1 saturated heterocycles. The second kappa shape index (κ2) is 6.30. The molecule has 0 radical (unpaired) electrons. The van der Waals surface area contributed by atoms with Crippen molar-refractivity contribution >= 4 is 17.3 Å². The molecule has 3 heterocycles. The van der Waals surface area contributed by atoms with E-state index in [1.165, 1.54) is 17.8 Å². The molecule has 1 atom stereocenters. The van der Waals surface area contributed by atoms with Crippen molar-refractivity contribution in [1.82, 2.24) is 4.98 Å². The van der Waals surface area contributed by atoms with Gasteiger partial charge in [-0.25, -0.2) is 4.98 Å². The zero-order valence-corrected chi connectivity index (χ0v) is 14.0. The fourth-order valence-electron chi connectivity index (χ4n) is 3.72. The molecule has 0 aliphatic carbocycles. The molecule has 26 heavy (non-hydrogen) atoms. The molecule has 0 bridgehead atoms. The summed E-state index contributed by atoms with van der Waals surface area (Å²) in [5.41, 5.74) is 1.88. The van der Waals surface area contributed by atoms with Gasteiger partial charge in [0.1, 0.15) is 5.69 Å². The van der Waals surface area contributed by atoms with Crippen LogP contribution in [0, 0.1) is 5.92 Å². The number of halogens is 3. The van der Waals surface area contributed by atoms with Crippen LogP contribution in [0.4, 0.5) is 24.5 Å². The average Bonchev–Trinajstić information content (AvgIpc) is 3.28. The maximum atomic E-state index is 12.9. The topological polar surface area (TPSA) is 36.4 Å². The van der Waals surface area contributed by atoms with E-state index in [0.717, 1.165) is 18.2 Å². The third-order valence-corrected chi connectivity index (χ3v) is 5.09. The van der Waals surface area contributed by atoms with E-state index in [2.05, 4.69) is 4.98 Å². The van der Waals surface area contributed by atoms with Crippen LogP contribution in [-0.2, 0) is 17.4 Å². The van der Waals surface area contributed by atoms with E-state index in [1.807, 2.05) is 34.1 Å². The Morgan fingerprint density at radius 1 is 1.12 bits per heavy atom. The van der Waals surface area contributed by atoms with Crippen molar-refractivity contribution in [2.75, 3.05) is 29.4 Å². The van der Waals surface area contributed by atoms with Crippen molar-refractivity contribution < 1.29 is 18.0 Å². The monoisotopic (exact) mass is 361 g/mol. The number of anilines is 2. The number of para-hydroxylation sites is 1. The number of benzene rings is 1. The highest BCUT2D eigenvalue weighted by molar-refractivity contribution is 5.97. The maximum Gasteiger partial charge on any atom is 0.433 e. The quantitative estimate of drug-likeness (QED) is 0.821.